The molecule has 0 unspecified atom stereocenters. The summed E-state index contributed by atoms with van der Waals surface area (Å²) in [7, 11) is -3.88. The predicted octanol–water partition coefficient (Wildman–Crippen LogP) is 4.00. The number of anilines is 1. The summed E-state index contributed by atoms with van der Waals surface area (Å²) in [5.41, 5.74) is 1.36. The number of halogens is 1. The van der Waals surface area contributed by atoms with E-state index in [1.807, 2.05) is 6.92 Å². The molecule has 0 spiro atoms. The molecule has 3 aromatic rings. The second kappa shape index (κ2) is 10.1. The summed E-state index contributed by atoms with van der Waals surface area (Å²) in [4.78, 5) is 12.4. The van der Waals surface area contributed by atoms with Gasteiger partial charge in [0.2, 0.25) is 0 Å². The van der Waals surface area contributed by atoms with Gasteiger partial charge in [-0.05, 0) is 73.5 Å². The Hall–Kier alpha value is -3.39. The van der Waals surface area contributed by atoms with Crippen molar-refractivity contribution in [3.8, 4) is 5.75 Å². The predicted molar refractivity (Wildman–Crippen MR) is 117 cm³/mol. The molecule has 3 rings (SSSR count). The third-order valence-corrected chi connectivity index (χ3v) is 5.79. The molecule has 0 aliphatic carbocycles. The Morgan fingerprint density at radius 2 is 1.74 bits per heavy atom. The van der Waals surface area contributed by atoms with Crippen molar-refractivity contribution >= 4 is 21.6 Å². The van der Waals surface area contributed by atoms with Crippen LogP contribution in [0.1, 0.15) is 22.8 Å². The van der Waals surface area contributed by atoms with E-state index in [1.165, 1.54) is 36.4 Å². The molecule has 2 N–H and O–H groups in total. The van der Waals surface area contributed by atoms with Crippen LogP contribution in [0.4, 0.5) is 10.1 Å². The molecule has 0 bridgehead atoms. The SMILES string of the molecule is CCOc1ccc(NS(=O)(=O)c2cccc(C(=O)NCCc3cccc(F)c3)c2)cc1. The molecule has 31 heavy (non-hydrogen) atoms. The molecule has 0 saturated heterocycles. The van der Waals surface area contributed by atoms with Crippen molar-refractivity contribution < 1.29 is 22.3 Å². The zero-order chi connectivity index (χ0) is 22.3. The van der Waals surface area contributed by atoms with Crippen LogP contribution in [0.3, 0.4) is 0 Å². The average molecular weight is 443 g/mol. The maximum Gasteiger partial charge on any atom is 0.261 e. The topological polar surface area (TPSA) is 84.5 Å². The molecule has 0 aliphatic heterocycles. The number of nitrogens with one attached hydrogen (secondary N) is 2. The Morgan fingerprint density at radius 1 is 1.00 bits per heavy atom. The van der Waals surface area contributed by atoms with Crippen LogP contribution >= 0.6 is 0 Å². The second-order valence-corrected chi connectivity index (χ2v) is 8.41. The molecule has 1 amide bonds. The van der Waals surface area contributed by atoms with Gasteiger partial charge in [0.15, 0.2) is 0 Å². The molecule has 6 nitrogen and oxygen atoms in total. The fraction of sp³-hybridized carbons (Fsp3) is 0.174. The van der Waals surface area contributed by atoms with Gasteiger partial charge in [-0.2, -0.15) is 0 Å². The smallest absolute Gasteiger partial charge is 0.261 e. The van der Waals surface area contributed by atoms with E-state index in [0.717, 1.165) is 5.56 Å². The van der Waals surface area contributed by atoms with E-state index in [9.17, 15) is 17.6 Å². The lowest BCUT2D eigenvalue weighted by Gasteiger charge is -2.11. The third-order valence-electron chi connectivity index (χ3n) is 4.41. The third kappa shape index (κ3) is 6.29. The average Bonchev–Trinajstić information content (AvgIpc) is 2.75. The molecule has 3 aromatic carbocycles. The largest absolute Gasteiger partial charge is 0.494 e. The minimum Gasteiger partial charge on any atom is -0.494 e. The lowest BCUT2D eigenvalue weighted by atomic mass is 10.1. The summed E-state index contributed by atoms with van der Waals surface area (Å²) in [5.74, 6) is -0.0985. The van der Waals surface area contributed by atoms with Crippen molar-refractivity contribution in [3.05, 3.63) is 89.7 Å². The molecule has 0 atom stereocenters. The highest BCUT2D eigenvalue weighted by Gasteiger charge is 2.16. The Kier molecular flexibility index (Phi) is 7.25. The molecule has 0 fully saturated rings. The first-order valence-electron chi connectivity index (χ1n) is 9.76. The Bertz CT molecular complexity index is 1150. The summed E-state index contributed by atoms with van der Waals surface area (Å²) in [5, 5.41) is 2.72. The number of hydrogen-bond acceptors (Lipinski definition) is 4. The van der Waals surface area contributed by atoms with Crippen LogP contribution in [-0.4, -0.2) is 27.5 Å². The fourth-order valence-corrected chi connectivity index (χ4v) is 4.02. The highest BCUT2D eigenvalue weighted by molar-refractivity contribution is 7.92. The number of amides is 1. The molecular formula is C23H23FN2O4S. The van der Waals surface area contributed by atoms with Gasteiger partial charge in [0.05, 0.1) is 11.5 Å². The molecule has 162 valence electrons. The van der Waals surface area contributed by atoms with Gasteiger partial charge in [-0.3, -0.25) is 9.52 Å². The fourth-order valence-electron chi connectivity index (χ4n) is 2.92. The van der Waals surface area contributed by atoms with Crippen LogP contribution < -0.4 is 14.8 Å². The van der Waals surface area contributed by atoms with Crippen molar-refractivity contribution in [1.29, 1.82) is 0 Å². The van der Waals surface area contributed by atoms with E-state index in [1.54, 1.807) is 36.4 Å². The first kappa shape index (κ1) is 22.3. The normalized spacial score (nSPS) is 11.0. The Labute approximate surface area is 181 Å². The Morgan fingerprint density at radius 3 is 2.45 bits per heavy atom. The van der Waals surface area contributed by atoms with E-state index in [-0.39, 0.29) is 16.3 Å². The summed E-state index contributed by atoms with van der Waals surface area (Å²) >= 11 is 0. The maximum atomic E-state index is 13.2. The molecule has 0 heterocycles. The van der Waals surface area contributed by atoms with Crippen molar-refractivity contribution in [2.75, 3.05) is 17.9 Å². The van der Waals surface area contributed by atoms with Crippen molar-refractivity contribution in [2.45, 2.75) is 18.2 Å². The van der Waals surface area contributed by atoms with E-state index in [4.69, 9.17) is 4.74 Å². The van der Waals surface area contributed by atoms with Gasteiger partial charge in [-0.15, -0.1) is 0 Å². The van der Waals surface area contributed by atoms with E-state index >= 15 is 0 Å². The van der Waals surface area contributed by atoms with Gasteiger partial charge in [-0.1, -0.05) is 18.2 Å². The van der Waals surface area contributed by atoms with Gasteiger partial charge in [0, 0.05) is 17.8 Å². The highest BCUT2D eigenvalue weighted by atomic mass is 32.2. The number of sulfonamides is 1. The first-order chi connectivity index (χ1) is 14.9. The van der Waals surface area contributed by atoms with E-state index < -0.39 is 15.9 Å². The number of rotatable bonds is 9. The highest BCUT2D eigenvalue weighted by Crippen LogP contribution is 2.20. The van der Waals surface area contributed by atoms with Crippen LogP contribution in [0.15, 0.2) is 77.7 Å². The lowest BCUT2D eigenvalue weighted by molar-refractivity contribution is 0.0954. The van der Waals surface area contributed by atoms with Crippen LogP contribution in [0.2, 0.25) is 0 Å². The van der Waals surface area contributed by atoms with E-state index in [0.29, 0.717) is 31.0 Å². The van der Waals surface area contributed by atoms with Gasteiger partial charge in [-0.25, -0.2) is 12.8 Å². The van der Waals surface area contributed by atoms with Crippen molar-refractivity contribution in [1.82, 2.24) is 5.32 Å². The van der Waals surface area contributed by atoms with Crippen LogP contribution in [0.5, 0.6) is 5.75 Å². The number of ether oxygens (including phenoxy) is 1. The van der Waals surface area contributed by atoms with Crippen LogP contribution in [0, 0.1) is 5.82 Å². The number of carbonyl (C=O) groups excluding carboxylic acids is 1. The van der Waals surface area contributed by atoms with Gasteiger partial charge in [0.25, 0.3) is 15.9 Å². The molecule has 0 radical (unpaired) electrons. The zero-order valence-electron chi connectivity index (χ0n) is 17.0. The van der Waals surface area contributed by atoms with Crippen molar-refractivity contribution in [2.24, 2.45) is 0 Å². The maximum absolute atomic E-state index is 13.2. The molecule has 8 heteroatoms. The van der Waals surface area contributed by atoms with Gasteiger partial charge in [0.1, 0.15) is 11.6 Å². The molecule has 0 aliphatic rings. The Balaban J connectivity index is 1.64. The summed E-state index contributed by atoms with van der Waals surface area (Å²) in [6, 6.07) is 18.5. The summed E-state index contributed by atoms with van der Waals surface area (Å²) in [6.45, 7) is 2.67. The summed E-state index contributed by atoms with van der Waals surface area (Å²) in [6.07, 6.45) is 0.459. The zero-order valence-corrected chi connectivity index (χ0v) is 17.8. The quantitative estimate of drug-likeness (QED) is 0.525. The lowest BCUT2D eigenvalue weighted by Crippen LogP contribution is -2.26. The molecule has 0 saturated carbocycles. The minimum atomic E-state index is -3.88. The number of hydrogen-bond donors (Lipinski definition) is 2. The summed E-state index contributed by atoms with van der Waals surface area (Å²) < 4.78 is 46.5. The monoisotopic (exact) mass is 442 g/mol. The molecular weight excluding hydrogens is 419 g/mol. The molecule has 0 aromatic heterocycles. The minimum absolute atomic E-state index is 0.0286. The second-order valence-electron chi connectivity index (χ2n) is 6.73. The van der Waals surface area contributed by atoms with Crippen LogP contribution in [0.25, 0.3) is 0 Å². The van der Waals surface area contributed by atoms with Gasteiger partial charge < -0.3 is 10.1 Å². The van der Waals surface area contributed by atoms with E-state index in [2.05, 4.69) is 10.0 Å². The first-order valence-corrected chi connectivity index (χ1v) is 11.2. The van der Waals surface area contributed by atoms with Crippen LogP contribution in [-0.2, 0) is 16.4 Å². The number of benzene rings is 3. The number of carbonyl (C=O) groups is 1. The van der Waals surface area contributed by atoms with Gasteiger partial charge >= 0.3 is 0 Å². The van der Waals surface area contributed by atoms with Crippen molar-refractivity contribution in [3.63, 3.8) is 0 Å². The standard InChI is InChI=1S/C23H23FN2O4S/c1-2-30-21-11-9-20(10-12-21)26-31(28,29)22-8-4-6-18(16-22)23(27)25-14-13-17-5-3-7-19(24)15-17/h3-12,15-16,26H,2,13-14H2,1H3,(H,25,27).